The molecular formula is C86H125N5O20. The Morgan fingerprint density at radius 3 is 0.910 bits per heavy atom. The van der Waals surface area contributed by atoms with Crippen molar-refractivity contribution in [3.8, 4) is 0 Å². The van der Waals surface area contributed by atoms with E-state index in [1.54, 1.807) is 0 Å². The minimum absolute atomic E-state index is 0. The third-order valence-electron chi connectivity index (χ3n) is 24.3. The second-order valence-electron chi connectivity index (χ2n) is 32.5. The number of nitrogens with zero attached hydrogens (tertiary/aromatic N) is 5. The average molecular weight is 1550 g/mol. The summed E-state index contributed by atoms with van der Waals surface area (Å²) in [5.74, 6) is 1.68. The summed E-state index contributed by atoms with van der Waals surface area (Å²) in [4.78, 5) is 182. The zero-order chi connectivity index (χ0) is 77.8. The monoisotopic (exact) mass is 1550 g/mol. The summed E-state index contributed by atoms with van der Waals surface area (Å²) in [6.45, 7) is 7.15. The topological polar surface area (TPSA) is 318 Å². The number of amides is 10. The van der Waals surface area contributed by atoms with Gasteiger partial charge in [-0.15, -0.1) is 0 Å². The van der Waals surface area contributed by atoms with E-state index in [0.29, 0.717) is 150 Å². The van der Waals surface area contributed by atoms with Gasteiger partial charge < -0.3 is 23.7 Å². The normalized spacial score (nSPS) is 25.3. The number of rotatable bonds is 46. The molecule has 6 aliphatic carbocycles. The van der Waals surface area contributed by atoms with E-state index in [-0.39, 0.29) is 99.7 Å². The van der Waals surface area contributed by atoms with Gasteiger partial charge in [0.1, 0.15) is 13.1 Å². The SMILES string of the molecule is C.C.CC(C)CCCCCCCCCCCCCCCOC(=O)CCCCCN1C(=O)C=CC1=O.O=C(CCCCCN1C(=O)C=CC1=O)OCC1CC2C3CC(COC(=O)CCCCCN4C(=O)C=CC4=O)C(C3)C2C1.O=C(CN1C(=O)C=CC1=O)OCC1CC2C3CC(COC(=O)CN4C(=O)C=CC4=O)C(C3)C2C1. The lowest BCUT2D eigenvalue weighted by molar-refractivity contribution is -0.153. The molecule has 0 saturated heterocycles. The molecule has 5 aliphatic heterocycles. The average Bonchev–Trinajstić information content (AvgIpc) is 1.59. The molecule has 111 heavy (non-hydrogen) atoms. The smallest absolute Gasteiger partial charge is 0.326 e. The van der Waals surface area contributed by atoms with Crippen LogP contribution in [0.2, 0.25) is 0 Å². The van der Waals surface area contributed by atoms with Gasteiger partial charge in [-0.2, -0.15) is 0 Å². The first-order chi connectivity index (χ1) is 52.6. The van der Waals surface area contributed by atoms with Crippen molar-refractivity contribution >= 4 is 88.9 Å². The summed E-state index contributed by atoms with van der Waals surface area (Å²) in [6.07, 6.45) is 47.0. The number of hydrogen-bond donors (Lipinski definition) is 0. The van der Waals surface area contributed by atoms with Gasteiger partial charge in [0.05, 0.1) is 33.0 Å². The van der Waals surface area contributed by atoms with Crippen molar-refractivity contribution in [2.24, 2.45) is 76.9 Å². The minimum Gasteiger partial charge on any atom is -0.466 e. The Labute approximate surface area is 656 Å². The van der Waals surface area contributed by atoms with Gasteiger partial charge in [0.25, 0.3) is 59.1 Å². The fraction of sp³-hybridized carbons (Fsp3) is 0.709. The van der Waals surface area contributed by atoms with Crippen LogP contribution in [0.5, 0.6) is 0 Å². The lowest BCUT2D eigenvalue weighted by Gasteiger charge is -2.31. The van der Waals surface area contributed by atoms with E-state index in [4.69, 9.17) is 23.7 Å². The summed E-state index contributed by atoms with van der Waals surface area (Å²) >= 11 is 0. The molecule has 25 heteroatoms. The van der Waals surface area contributed by atoms with Crippen molar-refractivity contribution in [3.63, 3.8) is 0 Å². The Kier molecular flexibility index (Phi) is 37.3. The highest BCUT2D eigenvalue weighted by atomic mass is 16.5. The quantitative estimate of drug-likeness (QED) is 0.0236. The van der Waals surface area contributed by atoms with Crippen LogP contribution in [0.3, 0.4) is 0 Å². The van der Waals surface area contributed by atoms with Crippen molar-refractivity contribution in [3.05, 3.63) is 60.8 Å². The molecule has 10 amide bonds. The van der Waals surface area contributed by atoms with Gasteiger partial charge in [0, 0.05) is 99.7 Å². The van der Waals surface area contributed by atoms with E-state index in [0.717, 1.165) is 130 Å². The van der Waals surface area contributed by atoms with Crippen LogP contribution in [-0.2, 0) is 95.6 Å². The molecule has 4 bridgehead atoms. The number of carbonyl (C=O) groups excluding carboxylic acids is 15. The van der Waals surface area contributed by atoms with E-state index in [1.807, 2.05) is 0 Å². The Morgan fingerprint density at radius 2 is 0.568 bits per heavy atom. The third-order valence-corrected chi connectivity index (χ3v) is 24.3. The van der Waals surface area contributed by atoms with Crippen LogP contribution in [0, 0.1) is 76.9 Å². The molecule has 0 aromatic rings. The minimum atomic E-state index is -0.583. The summed E-state index contributed by atoms with van der Waals surface area (Å²) < 4.78 is 27.4. The molecule has 0 radical (unpaired) electrons. The summed E-state index contributed by atoms with van der Waals surface area (Å²) in [5.41, 5.74) is 0. The number of imide groups is 5. The maximum absolute atomic E-state index is 12.3. The third kappa shape index (κ3) is 27.5. The van der Waals surface area contributed by atoms with Gasteiger partial charge >= 0.3 is 29.8 Å². The molecule has 614 valence electrons. The Morgan fingerprint density at radius 1 is 0.297 bits per heavy atom. The van der Waals surface area contributed by atoms with E-state index < -0.39 is 35.6 Å². The van der Waals surface area contributed by atoms with Crippen LogP contribution >= 0.6 is 0 Å². The first-order valence-electron chi connectivity index (χ1n) is 41.1. The van der Waals surface area contributed by atoms with Crippen LogP contribution in [0.25, 0.3) is 0 Å². The van der Waals surface area contributed by atoms with Gasteiger partial charge in [0.15, 0.2) is 0 Å². The number of esters is 5. The van der Waals surface area contributed by atoms with Crippen molar-refractivity contribution in [1.82, 2.24) is 24.5 Å². The highest BCUT2D eigenvalue weighted by molar-refractivity contribution is 6.16. The molecule has 6 saturated carbocycles. The summed E-state index contributed by atoms with van der Waals surface area (Å²) in [6, 6.07) is 0. The number of hydrogen-bond acceptors (Lipinski definition) is 20. The Balaban J connectivity index is 0.000000232. The van der Waals surface area contributed by atoms with Crippen molar-refractivity contribution in [2.45, 2.75) is 247 Å². The van der Waals surface area contributed by atoms with E-state index in [1.165, 1.54) is 135 Å². The molecule has 11 rings (SSSR count). The zero-order valence-corrected chi connectivity index (χ0v) is 64.3. The van der Waals surface area contributed by atoms with Crippen LogP contribution in [0.15, 0.2) is 60.8 Å². The first kappa shape index (κ1) is 89.9. The molecule has 11 aliphatic rings. The molecule has 12 atom stereocenters. The summed E-state index contributed by atoms with van der Waals surface area (Å²) in [5, 5.41) is 0. The van der Waals surface area contributed by atoms with Gasteiger partial charge in [-0.25, -0.2) is 0 Å². The number of fused-ring (bicyclic) bond motifs is 10. The lowest BCUT2D eigenvalue weighted by Crippen LogP contribution is -2.37. The lowest BCUT2D eigenvalue weighted by atomic mass is 9.76. The zero-order valence-electron chi connectivity index (χ0n) is 64.3. The Bertz CT molecular complexity index is 3320. The van der Waals surface area contributed by atoms with E-state index in [2.05, 4.69) is 13.8 Å². The predicted molar refractivity (Wildman–Crippen MR) is 411 cm³/mol. The van der Waals surface area contributed by atoms with Gasteiger partial charge in [-0.05, 0) is 173 Å². The maximum atomic E-state index is 12.3. The molecular weight excluding hydrogens is 1420 g/mol. The number of ether oxygens (including phenoxy) is 5. The molecule has 0 aromatic carbocycles. The molecule has 0 spiro atoms. The van der Waals surface area contributed by atoms with Gasteiger partial charge in [-0.3, -0.25) is 96.4 Å². The standard InChI is InChI=1S/C32H42N2O8.C28H49NO4.C24H26N2O8.2CH4/c35-27-9-10-28(36)33(27)13-5-1-3-7-31(39)41-19-21-15-24-22-17-23(25(18-22)26(24)16-21)20-42-32(40)8-4-2-6-14-34-29(37)11-12-30(34)38;1-25(2)19-15-12-10-8-6-4-3-5-7-9-11-13-18-24-33-28(32)20-16-14-17-23-29-26(30)21-22-27(29)31;27-19-1-2-20(28)25(19)9-23(31)33-11-13-5-16-14-7-15(17(8-14)18(16)6-13)12-34-24(32)10-26-21(29)3-4-22(26)30;;/h9-12,21-26H,1-8,13-20H2;21-22,25H,3-20,23-24H2,1-2H3;1-4,13-18H,5-12H2;2*1H4. The molecule has 5 heterocycles. The fourth-order valence-electron chi connectivity index (χ4n) is 18.8. The van der Waals surface area contributed by atoms with Crippen molar-refractivity contribution in [2.75, 3.05) is 65.8 Å². The van der Waals surface area contributed by atoms with Crippen molar-refractivity contribution < 1.29 is 95.6 Å². The molecule has 12 unspecified atom stereocenters. The predicted octanol–water partition coefficient (Wildman–Crippen LogP) is 12.0. The summed E-state index contributed by atoms with van der Waals surface area (Å²) in [7, 11) is 0. The fourth-order valence-corrected chi connectivity index (χ4v) is 18.8. The molecule has 0 N–H and O–H groups in total. The highest BCUT2D eigenvalue weighted by Crippen LogP contribution is 2.63. The van der Waals surface area contributed by atoms with Crippen LogP contribution in [0.4, 0.5) is 0 Å². The van der Waals surface area contributed by atoms with Gasteiger partial charge in [0.2, 0.25) is 0 Å². The highest BCUT2D eigenvalue weighted by Gasteiger charge is 2.57. The van der Waals surface area contributed by atoms with E-state index >= 15 is 0 Å². The second kappa shape index (κ2) is 46.1. The van der Waals surface area contributed by atoms with Crippen LogP contribution < -0.4 is 0 Å². The Hall–Kier alpha value is -8.25. The first-order valence-corrected chi connectivity index (χ1v) is 41.1. The van der Waals surface area contributed by atoms with Gasteiger partial charge in [-0.1, -0.05) is 131 Å². The van der Waals surface area contributed by atoms with Crippen molar-refractivity contribution in [1.29, 1.82) is 0 Å². The van der Waals surface area contributed by atoms with E-state index in [9.17, 15) is 71.9 Å². The maximum Gasteiger partial charge on any atom is 0.326 e. The number of unbranched alkanes of at least 4 members (excludes halogenated alkanes) is 18. The number of carbonyl (C=O) groups is 15. The second-order valence-corrected chi connectivity index (χ2v) is 32.5. The molecule has 0 aromatic heterocycles. The van der Waals surface area contributed by atoms with Crippen LogP contribution in [0.1, 0.15) is 247 Å². The molecule has 6 fully saturated rings. The molecule has 25 nitrogen and oxygen atoms in total. The van der Waals surface area contributed by atoms with Crippen LogP contribution in [-0.4, -0.2) is 179 Å². The largest absolute Gasteiger partial charge is 0.466 e.